The topological polar surface area (TPSA) is 127 Å². The van der Waals surface area contributed by atoms with Gasteiger partial charge in [-0.1, -0.05) is 0 Å². The minimum Gasteiger partial charge on any atom is -0.507 e. The SMILES string of the molecule is CC(OC(=O)C1CCC(N)CC1)c1cc(O)c2c(c1O)C(=O)c1ccc(F)cc1C2=O. The molecule has 31 heavy (non-hydrogen) atoms. The van der Waals surface area contributed by atoms with Crippen molar-refractivity contribution in [2.24, 2.45) is 11.7 Å². The molecule has 0 aliphatic heterocycles. The molecule has 0 radical (unpaired) electrons. The monoisotopic (exact) mass is 427 g/mol. The van der Waals surface area contributed by atoms with Gasteiger partial charge in [-0.15, -0.1) is 0 Å². The van der Waals surface area contributed by atoms with E-state index in [2.05, 4.69) is 0 Å². The third-order valence-electron chi connectivity index (χ3n) is 6.07. The molecule has 1 atom stereocenters. The molecule has 1 saturated carbocycles. The average molecular weight is 427 g/mol. The zero-order valence-electron chi connectivity index (χ0n) is 16.9. The molecule has 0 aromatic heterocycles. The zero-order chi connectivity index (χ0) is 22.4. The third-order valence-corrected chi connectivity index (χ3v) is 6.07. The van der Waals surface area contributed by atoms with Crippen molar-refractivity contribution in [3.63, 3.8) is 0 Å². The molecule has 162 valence electrons. The Hall–Kier alpha value is -3.26. The highest BCUT2D eigenvalue weighted by molar-refractivity contribution is 6.30. The molecule has 2 aliphatic carbocycles. The minimum absolute atomic E-state index is 0.00354. The van der Waals surface area contributed by atoms with Crippen LogP contribution in [0.25, 0.3) is 0 Å². The smallest absolute Gasteiger partial charge is 0.309 e. The van der Waals surface area contributed by atoms with Gasteiger partial charge < -0.3 is 20.7 Å². The number of halogens is 1. The molecule has 2 aromatic carbocycles. The van der Waals surface area contributed by atoms with Crippen LogP contribution in [-0.4, -0.2) is 33.8 Å². The normalized spacial score (nSPS) is 21.3. The van der Waals surface area contributed by atoms with E-state index < -0.39 is 46.5 Å². The van der Waals surface area contributed by atoms with Crippen molar-refractivity contribution < 1.29 is 33.7 Å². The van der Waals surface area contributed by atoms with Gasteiger partial charge in [0.15, 0.2) is 11.6 Å². The van der Waals surface area contributed by atoms with Gasteiger partial charge in [0.05, 0.1) is 17.0 Å². The Morgan fingerprint density at radius 2 is 1.71 bits per heavy atom. The summed E-state index contributed by atoms with van der Waals surface area (Å²) >= 11 is 0. The summed E-state index contributed by atoms with van der Waals surface area (Å²) in [6.45, 7) is 1.51. The Balaban J connectivity index is 1.67. The molecule has 8 heteroatoms. The fourth-order valence-electron chi connectivity index (χ4n) is 4.30. The summed E-state index contributed by atoms with van der Waals surface area (Å²) < 4.78 is 19.1. The molecule has 1 fully saturated rings. The van der Waals surface area contributed by atoms with Crippen molar-refractivity contribution >= 4 is 17.5 Å². The van der Waals surface area contributed by atoms with Gasteiger partial charge in [0.25, 0.3) is 0 Å². The van der Waals surface area contributed by atoms with Crippen molar-refractivity contribution in [2.75, 3.05) is 0 Å². The van der Waals surface area contributed by atoms with E-state index in [0.717, 1.165) is 37.1 Å². The summed E-state index contributed by atoms with van der Waals surface area (Å²) in [4.78, 5) is 38.3. The minimum atomic E-state index is -0.975. The lowest BCUT2D eigenvalue weighted by atomic mass is 9.81. The number of rotatable bonds is 3. The van der Waals surface area contributed by atoms with Gasteiger partial charge in [0.1, 0.15) is 23.4 Å². The number of benzene rings is 2. The number of phenolic OH excluding ortho intramolecular Hbond substituents is 2. The van der Waals surface area contributed by atoms with Gasteiger partial charge in [-0.25, -0.2) is 4.39 Å². The van der Waals surface area contributed by atoms with Gasteiger partial charge in [-0.3, -0.25) is 14.4 Å². The van der Waals surface area contributed by atoms with Crippen molar-refractivity contribution in [2.45, 2.75) is 44.8 Å². The van der Waals surface area contributed by atoms with Gasteiger partial charge in [-0.2, -0.15) is 0 Å². The van der Waals surface area contributed by atoms with Crippen molar-refractivity contribution in [1.29, 1.82) is 0 Å². The van der Waals surface area contributed by atoms with Crippen LogP contribution in [0.3, 0.4) is 0 Å². The number of carbonyl (C=O) groups excluding carboxylic acids is 3. The Kier molecular flexibility index (Phi) is 5.26. The Morgan fingerprint density at radius 3 is 2.39 bits per heavy atom. The number of ketones is 2. The molecule has 4 rings (SSSR count). The number of hydrogen-bond donors (Lipinski definition) is 3. The summed E-state index contributed by atoms with van der Waals surface area (Å²) in [6, 6.07) is 4.29. The number of phenols is 2. The number of fused-ring (bicyclic) bond motifs is 2. The Morgan fingerprint density at radius 1 is 1.06 bits per heavy atom. The molecule has 0 amide bonds. The molecule has 0 spiro atoms. The zero-order valence-corrected chi connectivity index (χ0v) is 16.9. The Labute approximate surface area is 177 Å². The lowest BCUT2D eigenvalue weighted by Gasteiger charge is -2.27. The first-order chi connectivity index (χ1) is 14.7. The first kappa shape index (κ1) is 21.0. The maximum atomic E-state index is 13.6. The summed E-state index contributed by atoms with van der Waals surface area (Å²) in [5, 5.41) is 21.3. The standard InChI is InChI=1S/C23H22FNO6/c1-10(31-23(30)11-2-5-13(25)6-3-11)15-9-17(26)18-19(21(15)28)20(27)14-7-4-12(24)8-16(14)22(18)29/h4,7-11,13,26,28H,2-3,5-6,25H2,1H3. The van der Waals surface area contributed by atoms with Crippen LogP contribution in [0.2, 0.25) is 0 Å². The molecular weight excluding hydrogens is 405 g/mol. The lowest BCUT2D eigenvalue weighted by Crippen LogP contribution is -2.31. The molecule has 0 saturated heterocycles. The Bertz CT molecular complexity index is 1100. The van der Waals surface area contributed by atoms with Gasteiger partial charge >= 0.3 is 5.97 Å². The van der Waals surface area contributed by atoms with Gasteiger partial charge in [0, 0.05) is 22.7 Å². The summed E-state index contributed by atoms with van der Waals surface area (Å²) in [5.74, 6) is -4.05. The van der Waals surface area contributed by atoms with E-state index in [4.69, 9.17) is 10.5 Å². The highest BCUT2D eigenvalue weighted by Gasteiger charge is 2.37. The fourth-order valence-corrected chi connectivity index (χ4v) is 4.30. The molecule has 0 bridgehead atoms. The van der Waals surface area contributed by atoms with Crippen molar-refractivity contribution in [1.82, 2.24) is 0 Å². The van der Waals surface area contributed by atoms with Crippen LogP contribution in [0.15, 0.2) is 24.3 Å². The maximum Gasteiger partial charge on any atom is 0.309 e. The number of aromatic hydroxyl groups is 2. The molecule has 7 nitrogen and oxygen atoms in total. The number of carbonyl (C=O) groups is 3. The highest BCUT2D eigenvalue weighted by Crippen LogP contribution is 2.43. The van der Waals surface area contributed by atoms with Crippen LogP contribution in [0.4, 0.5) is 4.39 Å². The van der Waals surface area contributed by atoms with E-state index in [9.17, 15) is 29.0 Å². The van der Waals surface area contributed by atoms with Crippen molar-refractivity contribution in [3.05, 3.63) is 57.9 Å². The van der Waals surface area contributed by atoms with Gasteiger partial charge in [-0.05, 0) is 56.9 Å². The quantitative estimate of drug-likeness (QED) is 0.433. The van der Waals surface area contributed by atoms with Crippen LogP contribution < -0.4 is 5.73 Å². The van der Waals surface area contributed by atoms with E-state index in [1.807, 2.05) is 0 Å². The summed E-state index contributed by atoms with van der Waals surface area (Å²) in [5.41, 5.74) is 4.82. The second-order valence-electron chi connectivity index (χ2n) is 8.12. The molecule has 0 heterocycles. The number of esters is 1. The molecule has 2 aromatic rings. The van der Waals surface area contributed by atoms with Crippen LogP contribution in [0, 0.1) is 11.7 Å². The maximum absolute atomic E-state index is 13.6. The summed E-state index contributed by atoms with van der Waals surface area (Å²) in [6.07, 6.45) is 1.67. The van der Waals surface area contributed by atoms with Crippen LogP contribution in [-0.2, 0) is 9.53 Å². The lowest BCUT2D eigenvalue weighted by molar-refractivity contribution is -0.154. The summed E-state index contributed by atoms with van der Waals surface area (Å²) in [7, 11) is 0. The van der Waals surface area contributed by atoms with E-state index in [-0.39, 0.29) is 34.2 Å². The van der Waals surface area contributed by atoms with E-state index in [0.29, 0.717) is 12.8 Å². The third kappa shape index (κ3) is 3.57. The second kappa shape index (κ2) is 7.77. The number of hydrogen-bond acceptors (Lipinski definition) is 7. The predicted molar refractivity (Wildman–Crippen MR) is 107 cm³/mol. The molecular formula is C23H22FNO6. The van der Waals surface area contributed by atoms with Crippen LogP contribution in [0.5, 0.6) is 11.5 Å². The number of ether oxygens (including phenoxy) is 1. The molecule has 2 aliphatic rings. The van der Waals surface area contributed by atoms with E-state index in [1.165, 1.54) is 6.92 Å². The molecule has 4 N–H and O–H groups in total. The number of nitrogens with two attached hydrogens (primary N) is 1. The van der Waals surface area contributed by atoms with Crippen LogP contribution >= 0.6 is 0 Å². The predicted octanol–water partition coefficient (Wildman–Crippen LogP) is 3.13. The molecule has 1 unspecified atom stereocenters. The average Bonchev–Trinajstić information content (AvgIpc) is 2.73. The fraction of sp³-hybridized carbons (Fsp3) is 0.348. The first-order valence-electron chi connectivity index (χ1n) is 10.1. The second-order valence-corrected chi connectivity index (χ2v) is 8.12. The largest absolute Gasteiger partial charge is 0.507 e. The highest BCUT2D eigenvalue weighted by atomic mass is 19.1. The van der Waals surface area contributed by atoms with Crippen molar-refractivity contribution in [3.8, 4) is 11.5 Å². The first-order valence-corrected chi connectivity index (χ1v) is 10.1. The van der Waals surface area contributed by atoms with Gasteiger partial charge in [0.2, 0.25) is 0 Å². The van der Waals surface area contributed by atoms with Crippen LogP contribution in [0.1, 0.15) is 76.1 Å². The van der Waals surface area contributed by atoms with E-state index >= 15 is 0 Å². The van der Waals surface area contributed by atoms with E-state index in [1.54, 1.807) is 0 Å².